The molecule has 1 aromatic carbocycles. The third kappa shape index (κ3) is 5.34. The largest absolute Gasteiger partial charge is 0.465 e. The van der Waals surface area contributed by atoms with Gasteiger partial charge in [0.2, 0.25) is 5.95 Å². The van der Waals surface area contributed by atoms with Gasteiger partial charge in [0.25, 0.3) is 5.56 Å². The molecule has 3 heterocycles. The van der Waals surface area contributed by atoms with E-state index >= 15 is 0 Å². The quantitative estimate of drug-likeness (QED) is 0.509. The second-order valence-electron chi connectivity index (χ2n) is 7.42. The highest BCUT2D eigenvalue weighted by Gasteiger charge is 2.17. The van der Waals surface area contributed by atoms with Crippen molar-refractivity contribution in [2.75, 3.05) is 37.8 Å². The van der Waals surface area contributed by atoms with Gasteiger partial charge in [-0.3, -0.25) is 14.6 Å². The fourth-order valence-electron chi connectivity index (χ4n) is 3.57. The fraction of sp³-hybridized carbons (Fsp3) is 0.409. The van der Waals surface area contributed by atoms with E-state index in [0.29, 0.717) is 49.9 Å². The average Bonchev–Trinajstić information content (AvgIpc) is 3.15. The molecule has 2 aromatic heterocycles. The maximum atomic E-state index is 12.5. The van der Waals surface area contributed by atoms with Crippen molar-refractivity contribution in [2.24, 2.45) is 0 Å². The zero-order chi connectivity index (χ0) is 21.8. The molecule has 0 unspecified atom stereocenters. The Balaban J connectivity index is 1.28. The summed E-state index contributed by atoms with van der Waals surface area (Å²) >= 11 is 3.44. The summed E-state index contributed by atoms with van der Waals surface area (Å²) in [7, 11) is 0. The van der Waals surface area contributed by atoms with E-state index in [1.165, 1.54) is 0 Å². The number of aromatic nitrogens is 2. The summed E-state index contributed by atoms with van der Waals surface area (Å²) in [5.41, 5.74) is 1.73. The van der Waals surface area contributed by atoms with Crippen LogP contribution in [0, 0.1) is 6.92 Å². The van der Waals surface area contributed by atoms with E-state index in [2.05, 4.69) is 25.9 Å². The molecule has 4 rings (SSSR count). The molecular weight excluding hydrogens is 466 g/mol. The summed E-state index contributed by atoms with van der Waals surface area (Å²) in [6.45, 7) is 4.63. The highest BCUT2D eigenvalue weighted by Crippen LogP contribution is 2.23. The van der Waals surface area contributed by atoms with E-state index < -0.39 is 0 Å². The Morgan fingerprint density at radius 3 is 2.84 bits per heavy atom. The number of carbonyl (C=O) groups is 1. The first-order chi connectivity index (χ1) is 15.0. The molecule has 1 aliphatic rings. The number of esters is 1. The highest BCUT2D eigenvalue weighted by atomic mass is 79.9. The van der Waals surface area contributed by atoms with E-state index in [-0.39, 0.29) is 31.0 Å². The number of benzene rings is 1. The molecule has 1 saturated heterocycles. The summed E-state index contributed by atoms with van der Waals surface area (Å²) in [4.78, 5) is 34.0. The van der Waals surface area contributed by atoms with E-state index in [1.54, 1.807) is 6.92 Å². The van der Waals surface area contributed by atoms with Crippen molar-refractivity contribution in [3.8, 4) is 0 Å². The number of anilines is 1. The fourth-order valence-corrected chi connectivity index (χ4v) is 3.95. The van der Waals surface area contributed by atoms with Gasteiger partial charge in [-0.15, -0.1) is 0 Å². The van der Waals surface area contributed by atoms with Crippen LogP contribution in [0.4, 0.5) is 5.95 Å². The van der Waals surface area contributed by atoms with Gasteiger partial charge < -0.3 is 18.8 Å². The predicted molar refractivity (Wildman–Crippen MR) is 120 cm³/mol. The minimum Gasteiger partial charge on any atom is -0.465 e. The minimum absolute atomic E-state index is 0.121. The van der Waals surface area contributed by atoms with Crippen LogP contribution in [-0.2, 0) is 27.1 Å². The van der Waals surface area contributed by atoms with Crippen LogP contribution in [0.5, 0.6) is 0 Å². The van der Waals surface area contributed by atoms with E-state index in [9.17, 15) is 9.59 Å². The van der Waals surface area contributed by atoms with Crippen molar-refractivity contribution in [3.05, 3.63) is 56.1 Å². The summed E-state index contributed by atoms with van der Waals surface area (Å²) in [6.07, 6.45) is 0.901. The first-order valence-electron chi connectivity index (χ1n) is 10.3. The highest BCUT2D eigenvalue weighted by molar-refractivity contribution is 9.10. The molecule has 0 spiro atoms. The predicted octanol–water partition coefficient (Wildman–Crippen LogP) is 3.14. The van der Waals surface area contributed by atoms with Crippen LogP contribution in [0.3, 0.4) is 0 Å². The number of carbonyl (C=O) groups excluding carboxylic acids is 1. The summed E-state index contributed by atoms with van der Waals surface area (Å²) in [5.74, 6) is 0.959. The monoisotopic (exact) mass is 489 g/mol. The van der Waals surface area contributed by atoms with Gasteiger partial charge in [0.15, 0.2) is 0 Å². The number of rotatable bonds is 7. The Labute approximate surface area is 187 Å². The third-order valence-electron chi connectivity index (χ3n) is 5.24. The molecule has 31 heavy (non-hydrogen) atoms. The van der Waals surface area contributed by atoms with Gasteiger partial charge in [-0.25, -0.2) is 4.98 Å². The molecule has 8 nitrogen and oxygen atoms in total. The number of halogens is 1. The van der Waals surface area contributed by atoms with Crippen molar-refractivity contribution in [3.63, 3.8) is 0 Å². The van der Waals surface area contributed by atoms with Crippen LogP contribution in [0.15, 0.2) is 37.9 Å². The van der Waals surface area contributed by atoms with Crippen molar-refractivity contribution < 1.29 is 18.7 Å². The van der Waals surface area contributed by atoms with Crippen LogP contribution >= 0.6 is 15.9 Å². The zero-order valence-electron chi connectivity index (χ0n) is 17.3. The lowest BCUT2D eigenvalue weighted by molar-refractivity contribution is -0.143. The molecular formula is C22H24BrN3O5. The maximum absolute atomic E-state index is 12.5. The number of aromatic amines is 1. The van der Waals surface area contributed by atoms with E-state index in [0.717, 1.165) is 21.2 Å². The van der Waals surface area contributed by atoms with Crippen LogP contribution in [0.25, 0.3) is 11.0 Å². The first-order valence-corrected chi connectivity index (χ1v) is 11.0. The van der Waals surface area contributed by atoms with Crippen molar-refractivity contribution >= 4 is 38.8 Å². The number of hydrogen-bond acceptors (Lipinski definition) is 7. The molecule has 3 aromatic rings. The number of morpholine rings is 1. The summed E-state index contributed by atoms with van der Waals surface area (Å²) in [5, 5.41) is 0.999. The lowest BCUT2D eigenvalue weighted by atomic mass is 10.1. The second kappa shape index (κ2) is 9.65. The third-order valence-corrected chi connectivity index (χ3v) is 5.73. The van der Waals surface area contributed by atoms with Crippen molar-refractivity contribution in [1.29, 1.82) is 0 Å². The van der Waals surface area contributed by atoms with Gasteiger partial charge in [-0.2, -0.15) is 0 Å². The number of hydrogen-bond donors (Lipinski definition) is 1. The number of aryl methyl sites for hydroxylation is 1. The lowest BCUT2D eigenvalue weighted by Gasteiger charge is -2.27. The van der Waals surface area contributed by atoms with Gasteiger partial charge in [0, 0.05) is 47.0 Å². The normalized spacial score (nSPS) is 14.2. The van der Waals surface area contributed by atoms with Gasteiger partial charge in [-0.05, 0) is 37.6 Å². The van der Waals surface area contributed by atoms with E-state index in [1.807, 2.05) is 29.2 Å². The Morgan fingerprint density at radius 1 is 1.26 bits per heavy atom. The van der Waals surface area contributed by atoms with Gasteiger partial charge in [0.05, 0.1) is 19.8 Å². The summed E-state index contributed by atoms with van der Waals surface area (Å²) < 4.78 is 17.4. The molecule has 0 radical (unpaired) electrons. The average molecular weight is 490 g/mol. The molecule has 0 saturated carbocycles. The molecule has 0 bridgehead atoms. The number of nitrogens with one attached hydrogen (secondary N) is 1. The molecule has 0 amide bonds. The molecule has 1 fully saturated rings. The molecule has 1 N–H and O–H groups in total. The molecule has 1 aliphatic heterocycles. The smallest absolute Gasteiger partial charge is 0.306 e. The Morgan fingerprint density at radius 2 is 2.06 bits per heavy atom. The number of nitrogens with zero attached hydrogens (tertiary/aromatic N) is 2. The number of ether oxygens (including phenoxy) is 2. The molecule has 9 heteroatoms. The molecule has 0 atom stereocenters. The zero-order valence-corrected chi connectivity index (χ0v) is 18.9. The molecule has 0 aliphatic carbocycles. The minimum atomic E-state index is -0.352. The number of H-pyrrole nitrogens is 1. The topological polar surface area (TPSA) is 97.7 Å². The Hall–Kier alpha value is -2.65. The summed E-state index contributed by atoms with van der Waals surface area (Å²) in [6, 6.07) is 7.74. The van der Waals surface area contributed by atoms with E-state index in [4.69, 9.17) is 13.9 Å². The first kappa shape index (κ1) is 21.6. The number of fused-ring (bicyclic) bond motifs is 1. The second-order valence-corrected chi connectivity index (χ2v) is 8.33. The van der Waals surface area contributed by atoms with Crippen molar-refractivity contribution in [1.82, 2.24) is 9.97 Å². The van der Waals surface area contributed by atoms with Gasteiger partial charge >= 0.3 is 5.97 Å². The lowest BCUT2D eigenvalue weighted by Crippen LogP contribution is -2.38. The maximum Gasteiger partial charge on any atom is 0.306 e. The van der Waals surface area contributed by atoms with Crippen LogP contribution < -0.4 is 10.5 Å². The Bertz CT molecular complexity index is 1130. The van der Waals surface area contributed by atoms with Gasteiger partial charge in [-0.1, -0.05) is 15.9 Å². The number of furan rings is 1. The molecule has 164 valence electrons. The van der Waals surface area contributed by atoms with Crippen molar-refractivity contribution in [2.45, 2.75) is 26.2 Å². The van der Waals surface area contributed by atoms with Gasteiger partial charge in [0.1, 0.15) is 11.3 Å². The van der Waals surface area contributed by atoms with Crippen LogP contribution in [0.1, 0.15) is 23.4 Å². The Kier molecular flexibility index (Phi) is 6.72. The van der Waals surface area contributed by atoms with Crippen LogP contribution in [-0.4, -0.2) is 48.8 Å². The van der Waals surface area contributed by atoms with Crippen LogP contribution in [0.2, 0.25) is 0 Å². The SMILES string of the molecule is Cc1nc(N2CCOCC2)[nH]c(=O)c1CCC(=O)OCCc1cc2cc(Br)ccc2o1. The standard InChI is InChI=1S/C22H24BrN3O5/c1-14-18(21(28)25-22(24-14)26-7-10-29-11-8-26)3-5-20(27)30-9-6-17-13-15-12-16(23)2-4-19(15)31-17/h2,4,12-13H,3,5-11H2,1H3,(H,24,25,28).